The molecule has 5 amide bonds. The molecular formula is C85H136N18O41. The van der Waals surface area contributed by atoms with Crippen molar-refractivity contribution in [3.05, 3.63) is 47.6 Å². The first-order chi connectivity index (χ1) is 69.2. The van der Waals surface area contributed by atoms with Crippen LogP contribution in [0, 0.1) is 0 Å². The second-order valence-electron chi connectivity index (χ2n) is 33.8. The molecule has 144 heavy (non-hydrogen) atoms. The molecule has 20 N–H and O–H groups in total. The fourth-order valence-corrected chi connectivity index (χ4v) is 14.7. The minimum Gasteiger partial charge on any atom is -0.464 e. The Bertz CT molecular complexity index is 4040. The monoisotopic (exact) mass is 2060 g/mol. The third-order valence-electron chi connectivity index (χ3n) is 23.0. The van der Waals surface area contributed by atoms with E-state index in [9.17, 15) is 134 Å². The van der Waals surface area contributed by atoms with Gasteiger partial charge in [0, 0.05) is 115 Å². The quantitative estimate of drug-likeness (QED) is 0.0111. The highest BCUT2D eigenvalue weighted by Gasteiger charge is 2.48. The molecule has 4 aromatic rings. The zero-order valence-corrected chi connectivity index (χ0v) is 79.5. The van der Waals surface area contributed by atoms with Gasteiger partial charge in [0.1, 0.15) is 137 Å². The zero-order valence-electron chi connectivity index (χ0n) is 79.5. The molecule has 20 atom stereocenters. The van der Waals surface area contributed by atoms with Crippen molar-refractivity contribution < 1.29 is 201 Å². The summed E-state index contributed by atoms with van der Waals surface area (Å²) in [6, 6.07) is 0. The number of aromatic nitrogens is 12. The van der Waals surface area contributed by atoms with E-state index in [-0.39, 0.29) is 273 Å². The van der Waals surface area contributed by atoms with E-state index in [0.717, 1.165) is 0 Å². The molecule has 4 fully saturated rings. The van der Waals surface area contributed by atoms with E-state index in [0.29, 0.717) is 22.8 Å². The number of hydrogen-bond acceptors (Lipinski definition) is 50. The molecule has 0 unspecified atom stereocenters. The number of rotatable bonds is 68. The molecule has 4 aliphatic rings. The number of nitrogens with two attached hydrogens (primary N) is 1. The molecule has 4 aromatic heterocycles. The lowest BCUT2D eigenvalue weighted by atomic mass is 9.99. The second-order valence-corrected chi connectivity index (χ2v) is 33.8. The lowest BCUT2D eigenvalue weighted by Crippen LogP contribution is -2.59. The predicted molar refractivity (Wildman–Crippen MR) is 474 cm³/mol. The standard InChI is InChI=1S/C85H136N18O41/c86-20-17-61(110)97(23-33-131-64(113)7-3-1-5-59(108)87-21-18-62(111)98(25-35-133-66(115)13-9-51-43-100(93-89-51)29-39-137-82-78(127)74(123)70(119)55(47-104)141-82)26-36-134-67(116)14-10-52-44-101(94-90-52)30-40-138-83-79(128)75(124)71(120)56(48-105)142-83)24-34-132-65(114)8-4-2-6-60(109)88-22-19-63(112)99(27-37-135-68(117)15-11-53-45-102(95-91-53)31-41-139-84-80(129)76(125)72(121)57(49-106)143-84)28-38-136-69(118)16-12-54-46-103(96-92-54)32-42-140-85-81(130)77(126)73(122)58(50-107)144-85/h43-46,55-58,70-85,104-107,119-130H,1-42,47-50,86H2,(H,87,108)(H,88,109)/t55-,56-,57-,58-,70-,71-,72-,73-,74+,75+,76+,77+,78+,79+,80+,81+,82+,83+,84+,85+/m1/s1. The summed E-state index contributed by atoms with van der Waals surface area (Å²) < 4.78 is 81.4. The number of ether oxygens (including phenoxy) is 14. The van der Waals surface area contributed by atoms with Crippen LogP contribution in [0.2, 0.25) is 0 Å². The van der Waals surface area contributed by atoms with Crippen LogP contribution in [0.1, 0.15) is 119 Å². The summed E-state index contributed by atoms with van der Waals surface area (Å²) in [5.74, 6) is -6.23. The molecule has 59 heteroatoms. The lowest BCUT2D eigenvalue weighted by Gasteiger charge is -2.39. The number of aryl methyl sites for hydroxylation is 4. The van der Waals surface area contributed by atoms with Gasteiger partial charge in [0.05, 0.1) is 167 Å². The number of aliphatic hydroxyl groups excluding tert-OH is 16. The molecule has 4 aliphatic heterocycles. The molecule has 4 saturated heterocycles. The second kappa shape index (κ2) is 64.0. The van der Waals surface area contributed by atoms with Gasteiger partial charge in [-0.25, -0.2) is 18.7 Å². The van der Waals surface area contributed by atoms with Crippen LogP contribution < -0.4 is 16.4 Å². The molecular weight excluding hydrogens is 1930 g/mol. The van der Waals surface area contributed by atoms with Crippen molar-refractivity contribution in [2.75, 3.05) is 151 Å². The van der Waals surface area contributed by atoms with E-state index < -0.39 is 215 Å². The van der Waals surface area contributed by atoms with Crippen molar-refractivity contribution >= 4 is 65.4 Å². The number of carbonyl (C=O) groups excluding carboxylic acids is 11. The van der Waals surface area contributed by atoms with E-state index in [2.05, 4.69) is 51.9 Å². The number of nitrogens with one attached hydrogen (secondary N) is 2. The van der Waals surface area contributed by atoms with Crippen LogP contribution in [-0.2, 0) is 171 Å². The first kappa shape index (κ1) is 119. The van der Waals surface area contributed by atoms with Crippen molar-refractivity contribution in [3.63, 3.8) is 0 Å². The Morgan fingerprint density at radius 3 is 0.750 bits per heavy atom. The number of hydrogen-bond donors (Lipinski definition) is 19. The Hall–Kier alpha value is -10.3. The molecule has 0 spiro atoms. The van der Waals surface area contributed by atoms with Crippen LogP contribution >= 0.6 is 0 Å². The maximum absolute atomic E-state index is 13.7. The fraction of sp³-hybridized carbons (Fsp3) is 0.776. The van der Waals surface area contributed by atoms with Gasteiger partial charge in [0.2, 0.25) is 29.5 Å². The predicted octanol–water partition coefficient (Wildman–Crippen LogP) is -12.6. The maximum Gasteiger partial charge on any atom is 0.306 e. The fourth-order valence-electron chi connectivity index (χ4n) is 14.7. The number of nitrogens with zero attached hydrogens (tertiary/aromatic N) is 15. The van der Waals surface area contributed by atoms with Gasteiger partial charge in [-0.3, -0.25) is 52.7 Å². The van der Waals surface area contributed by atoms with E-state index in [4.69, 9.17) is 72.0 Å². The van der Waals surface area contributed by atoms with Crippen LogP contribution in [0.3, 0.4) is 0 Å². The number of aliphatic hydroxyl groups is 16. The summed E-state index contributed by atoms with van der Waals surface area (Å²) in [4.78, 5) is 147. The van der Waals surface area contributed by atoms with Crippen molar-refractivity contribution in [1.29, 1.82) is 0 Å². The topological polar surface area (TPSA) is 823 Å². The van der Waals surface area contributed by atoms with Crippen LogP contribution in [0.25, 0.3) is 0 Å². The first-order valence-corrected chi connectivity index (χ1v) is 47.4. The lowest BCUT2D eigenvalue weighted by molar-refractivity contribution is -0.301. The summed E-state index contributed by atoms with van der Waals surface area (Å²) in [7, 11) is 0. The molecule has 0 bridgehead atoms. The minimum absolute atomic E-state index is 0.00768. The Morgan fingerprint density at radius 1 is 0.299 bits per heavy atom. The van der Waals surface area contributed by atoms with E-state index in [1.54, 1.807) is 0 Å². The molecule has 0 aliphatic carbocycles. The summed E-state index contributed by atoms with van der Waals surface area (Å²) in [6.45, 7) is -5.25. The molecule has 0 saturated carbocycles. The van der Waals surface area contributed by atoms with Gasteiger partial charge in [-0.1, -0.05) is 20.9 Å². The maximum atomic E-state index is 13.7. The van der Waals surface area contributed by atoms with Crippen LogP contribution in [-0.4, -0.2) is 496 Å². The Balaban J connectivity index is 0.696. The van der Waals surface area contributed by atoms with Crippen molar-refractivity contribution in [1.82, 2.24) is 85.3 Å². The Labute approximate surface area is 824 Å². The van der Waals surface area contributed by atoms with Crippen LogP contribution in [0.5, 0.6) is 0 Å². The highest BCUT2D eigenvalue weighted by molar-refractivity contribution is 5.81. The third-order valence-corrected chi connectivity index (χ3v) is 23.0. The largest absolute Gasteiger partial charge is 0.464 e. The highest BCUT2D eigenvalue weighted by atomic mass is 16.7. The van der Waals surface area contributed by atoms with Crippen molar-refractivity contribution in [2.45, 2.75) is 271 Å². The van der Waals surface area contributed by atoms with Gasteiger partial charge >= 0.3 is 35.8 Å². The summed E-state index contributed by atoms with van der Waals surface area (Å²) in [6.07, 6.45) is -23.4. The molecule has 8 rings (SSSR count). The zero-order chi connectivity index (χ0) is 105. The molecule has 59 nitrogen and oxygen atoms in total. The van der Waals surface area contributed by atoms with Crippen molar-refractivity contribution in [2.24, 2.45) is 5.73 Å². The number of carbonyl (C=O) groups is 11. The summed E-state index contributed by atoms with van der Waals surface area (Å²) in [5, 5.41) is 197. The van der Waals surface area contributed by atoms with E-state index in [1.807, 2.05) is 0 Å². The summed E-state index contributed by atoms with van der Waals surface area (Å²) in [5.41, 5.74) is 7.23. The number of amides is 5. The van der Waals surface area contributed by atoms with E-state index >= 15 is 0 Å². The Kier molecular flexibility index (Phi) is 52.9. The van der Waals surface area contributed by atoms with Gasteiger partial charge in [0.15, 0.2) is 25.2 Å². The smallest absolute Gasteiger partial charge is 0.306 e. The van der Waals surface area contributed by atoms with E-state index in [1.165, 1.54) is 58.2 Å². The highest BCUT2D eigenvalue weighted by Crippen LogP contribution is 2.27. The number of unbranched alkanes of at least 4 members (excludes halogenated alkanes) is 2. The SMILES string of the molecule is NCCC(=O)N(CCOC(=O)CCCCC(=O)NCCC(=O)N(CCOC(=O)CCc1cn(CCO[C@H]2O[C@H](CO)[C@@H](O)[C@H](O)[C@@H]2O)nn1)CCOC(=O)CCc1cn(CCO[C@H]2O[C@H](CO)[C@@H](O)[C@H](O)[C@@H]2O)nn1)CCOC(=O)CCCCC(=O)NCCC(=O)N(CCOC(=O)CCc1cn(CCO[C@H]2O[C@H](CO)[C@@H](O)[C@H](O)[C@@H]2O)nn1)CCOC(=O)CCc1cn(CCO[C@H]2O[C@H](CO)[C@@H](O)[C@H](O)[C@@H]2O)nn1. The number of esters is 6. The third kappa shape index (κ3) is 40.9. The van der Waals surface area contributed by atoms with Gasteiger partial charge < -0.3 is 179 Å². The van der Waals surface area contributed by atoms with Gasteiger partial charge in [0.25, 0.3) is 0 Å². The molecule has 8 heterocycles. The summed E-state index contributed by atoms with van der Waals surface area (Å²) >= 11 is 0. The minimum atomic E-state index is -1.63. The molecule has 0 aromatic carbocycles. The van der Waals surface area contributed by atoms with Crippen LogP contribution in [0.4, 0.5) is 0 Å². The van der Waals surface area contributed by atoms with Crippen LogP contribution in [0.15, 0.2) is 24.8 Å². The molecule has 812 valence electrons. The Morgan fingerprint density at radius 2 is 0.521 bits per heavy atom. The van der Waals surface area contributed by atoms with Crippen molar-refractivity contribution in [3.8, 4) is 0 Å². The molecule has 0 radical (unpaired) electrons. The first-order valence-electron chi connectivity index (χ1n) is 47.4. The normalized spacial score (nSPS) is 24.2. The van der Waals surface area contributed by atoms with Gasteiger partial charge in [-0.2, -0.15) is 0 Å². The average Bonchev–Trinajstić information content (AvgIpc) is 1.16. The van der Waals surface area contributed by atoms with Gasteiger partial charge in [-0.15, -0.1) is 20.4 Å². The average molecular weight is 2070 g/mol. The van der Waals surface area contributed by atoms with Gasteiger partial charge in [-0.05, 0) is 25.7 Å².